The number of hydrogen-bond acceptors (Lipinski definition) is 7. The molecule has 0 unspecified atom stereocenters. The summed E-state index contributed by atoms with van der Waals surface area (Å²) >= 11 is 7.27. The number of nitrogen functional groups attached to an aromatic ring is 1. The van der Waals surface area contributed by atoms with Crippen LogP contribution < -0.4 is 15.5 Å². The zero-order valence-electron chi connectivity index (χ0n) is 17.7. The minimum Gasteiger partial charge on any atom is -0.857 e. The van der Waals surface area contributed by atoms with Gasteiger partial charge in [0.25, 0.3) is 6.20 Å². The summed E-state index contributed by atoms with van der Waals surface area (Å²) < 4.78 is 6.45. The average Bonchev–Trinajstić information content (AvgIpc) is 3.36. The lowest BCUT2D eigenvalue weighted by Crippen LogP contribution is -2.27. The van der Waals surface area contributed by atoms with Crippen molar-refractivity contribution in [3.63, 3.8) is 0 Å². The first kappa shape index (κ1) is 21.1. The molecule has 33 heavy (non-hydrogen) atoms. The SMILES string of the molecule is Cc1ccc(-c2cc(-c3ccc(Cl)cc3)nc3sc(/C([O-])=N/c4c[n+](C)no4)c(N)c23)cc1. The van der Waals surface area contributed by atoms with Crippen molar-refractivity contribution >= 4 is 50.6 Å². The fraction of sp³-hybridized carbons (Fsp3) is 0.0833. The van der Waals surface area contributed by atoms with Gasteiger partial charge in [0.05, 0.1) is 16.3 Å². The van der Waals surface area contributed by atoms with E-state index >= 15 is 0 Å². The number of aromatic nitrogens is 3. The van der Waals surface area contributed by atoms with Crippen LogP contribution in [-0.4, -0.2) is 16.2 Å². The molecule has 3 heterocycles. The number of nitrogens with two attached hydrogens (primary N) is 1. The molecule has 0 amide bonds. The molecule has 0 saturated carbocycles. The molecule has 0 saturated heterocycles. The molecule has 0 fully saturated rings. The molecule has 0 aliphatic heterocycles. The van der Waals surface area contributed by atoms with Gasteiger partial charge in [-0.05, 0) is 36.2 Å². The van der Waals surface area contributed by atoms with Crippen molar-refractivity contribution in [3.05, 3.63) is 76.3 Å². The Morgan fingerprint density at radius 2 is 1.82 bits per heavy atom. The van der Waals surface area contributed by atoms with Crippen molar-refractivity contribution in [2.45, 2.75) is 6.92 Å². The van der Waals surface area contributed by atoms with Crippen molar-refractivity contribution in [3.8, 4) is 22.4 Å². The van der Waals surface area contributed by atoms with Gasteiger partial charge in [0.2, 0.25) is 0 Å². The topological polar surface area (TPSA) is 104 Å². The van der Waals surface area contributed by atoms with Gasteiger partial charge >= 0.3 is 5.88 Å². The van der Waals surface area contributed by atoms with E-state index in [0.29, 0.717) is 20.4 Å². The van der Waals surface area contributed by atoms with E-state index < -0.39 is 5.90 Å². The van der Waals surface area contributed by atoms with Crippen LogP contribution in [0.4, 0.5) is 11.6 Å². The molecule has 0 aliphatic rings. The number of fused-ring (bicyclic) bond motifs is 1. The summed E-state index contributed by atoms with van der Waals surface area (Å²) in [4.78, 5) is 9.78. The first-order chi connectivity index (χ1) is 15.9. The maximum Gasteiger partial charge on any atom is 0.320 e. The normalized spacial score (nSPS) is 11.9. The van der Waals surface area contributed by atoms with Crippen LogP contribution in [0.5, 0.6) is 0 Å². The standard InChI is InChI=1S/C24H18ClN5O2S/c1-13-3-5-14(6-4-13)17-11-18(15-7-9-16(25)10-8-15)27-24-20(17)21(26)22(33-24)23(31)28-19-12-30(2)29-32-19/h3-12H,1-2H3,(H2-,26,28,29,31). The van der Waals surface area contributed by atoms with Crippen LogP contribution in [0.3, 0.4) is 0 Å². The molecule has 9 heteroatoms. The minimum absolute atomic E-state index is 0.105. The third kappa shape index (κ3) is 4.06. The van der Waals surface area contributed by atoms with E-state index in [4.69, 9.17) is 26.8 Å². The van der Waals surface area contributed by atoms with Gasteiger partial charge in [-0.25, -0.2) is 9.98 Å². The molecular formula is C24H18ClN5O2S. The number of rotatable bonds is 4. The molecule has 0 spiro atoms. The Morgan fingerprint density at radius 3 is 2.48 bits per heavy atom. The van der Waals surface area contributed by atoms with E-state index in [1.54, 1.807) is 7.05 Å². The van der Waals surface area contributed by atoms with Crippen LogP contribution in [0.2, 0.25) is 5.02 Å². The highest BCUT2D eigenvalue weighted by Gasteiger charge is 2.18. The predicted octanol–water partition coefficient (Wildman–Crippen LogP) is 4.43. The highest BCUT2D eigenvalue weighted by molar-refractivity contribution is 7.21. The van der Waals surface area contributed by atoms with Crippen molar-refractivity contribution in [1.29, 1.82) is 0 Å². The van der Waals surface area contributed by atoms with Gasteiger partial charge in [0.15, 0.2) is 12.3 Å². The molecule has 2 N–H and O–H groups in total. The Kier molecular flexibility index (Phi) is 5.32. The second-order valence-corrected chi connectivity index (χ2v) is 9.02. The van der Waals surface area contributed by atoms with Gasteiger partial charge < -0.3 is 10.8 Å². The molecule has 0 bridgehead atoms. The summed E-state index contributed by atoms with van der Waals surface area (Å²) in [7, 11) is 1.68. The first-order valence-electron chi connectivity index (χ1n) is 10.0. The quantitative estimate of drug-likeness (QED) is 0.235. The molecule has 5 aromatic rings. The van der Waals surface area contributed by atoms with Crippen molar-refractivity contribution in [2.75, 3.05) is 5.73 Å². The van der Waals surface area contributed by atoms with Crippen molar-refractivity contribution in [1.82, 2.24) is 10.3 Å². The van der Waals surface area contributed by atoms with Gasteiger partial charge in [-0.3, -0.25) is 4.52 Å². The van der Waals surface area contributed by atoms with Crippen LogP contribution in [0, 0.1) is 6.92 Å². The lowest BCUT2D eigenvalue weighted by molar-refractivity contribution is -0.739. The summed E-state index contributed by atoms with van der Waals surface area (Å²) in [5, 5.41) is 18.0. The third-order valence-corrected chi connectivity index (χ3v) is 6.51. The lowest BCUT2D eigenvalue weighted by Gasteiger charge is -2.10. The zero-order valence-corrected chi connectivity index (χ0v) is 19.3. The smallest absolute Gasteiger partial charge is 0.320 e. The maximum absolute atomic E-state index is 12.9. The van der Waals surface area contributed by atoms with Crippen LogP contribution >= 0.6 is 22.9 Å². The molecule has 3 aromatic heterocycles. The van der Waals surface area contributed by atoms with Crippen molar-refractivity contribution in [2.24, 2.45) is 12.0 Å². The summed E-state index contributed by atoms with van der Waals surface area (Å²) in [6.45, 7) is 2.03. The van der Waals surface area contributed by atoms with Crippen LogP contribution in [0.1, 0.15) is 10.4 Å². The molecule has 0 radical (unpaired) electrons. The fourth-order valence-electron chi connectivity index (χ4n) is 3.52. The molecule has 164 valence electrons. The summed E-state index contributed by atoms with van der Waals surface area (Å²) in [6, 6.07) is 17.6. The number of nitrogens with zero attached hydrogens (tertiary/aromatic N) is 4. The number of halogens is 1. The van der Waals surface area contributed by atoms with Gasteiger partial charge in [-0.15, -0.1) is 11.3 Å². The van der Waals surface area contributed by atoms with E-state index in [0.717, 1.165) is 33.3 Å². The Labute approximate surface area is 198 Å². The Morgan fingerprint density at radius 1 is 1.12 bits per heavy atom. The number of anilines is 1. The number of aryl methyl sites for hydroxylation is 2. The predicted molar refractivity (Wildman–Crippen MR) is 129 cm³/mol. The monoisotopic (exact) mass is 475 g/mol. The largest absolute Gasteiger partial charge is 0.857 e. The maximum atomic E-state index is 12.9. The second kappa shape index (κ2) is 8.31. The fourth-order valence-corrected chi connectivity index (χ4v) is 4.65. The number of hydrogen-bond donors (Lipinski definition) is 1. The lowest BCUT2D eigenvalue weighted by atomic mass is 9.99. The number of pyridine rings is 1. The highest BCUT2D eigenvalue weighted by atomic mass is 35.5. The summed E-state index contributed by atoms with van der Waals surface area (Å²) in [5.41, 5.74) is 11.5. The van der Waals surface area contributed by atoms with Gasteiger partial charge in [-0.1, -0.05) is 58.2 Å². The van der Waals surface area contributed by atoms with E-state index in [-0.39, 0.29) is 5.88 Å². The van der Waals surface area contributed by atoms with Gasteiger partial charge in [-0.2, -0.15) is 0 Å². The molecule has 7 nitrogen and oxygen atoms in total. The van der Waals surface area contributed by atoms with E-state index in [1.165, 1.54) is 22.2 Å². The van der Waals surface area contributed by atoms with Gasteiger partial charge in [0, 0.05) is 21.9 Å². The van der Waals surface area contributed by atoms with E-state index in [1.807, 2.05) is 61.5 Å². The van der Waals surface area contributed by atoms with E-state index in [9.17, 15) is 5.11 Å². The summed E-state index contributed by atoms with van der Waals surface area (Å²) in [6.07, 6.45) is 1.51. The Balaban J connectivity index is 1.73. The highest BCUT2D eigenvalue weighted by Crippen LogP contribution is 2.41. The first-order valence-corrected chi connectivity index (χ1v) is 11.2. The molecule has 0 atom stereocenters. The van der Waals surface area contributed by atoms with Crippen molar-refractivity contribution < 1.29 is 14.3 Å². The number of thiophene rings is 1. The third-order valence-electron chi connectivity index (χ3n) is 5.17. The molecule has 0 aliphatic carbocycles. The second-order valence-electron chi connectivity index (χ2n) is 7.58. The average molecular weight is 476 g/mol. The summed E-state index contributed by atoms with van der Waals surface area (Å²) in [5.74, 6) is -0.400. The van der Waals surface area contributed by atoms with Crippen LogP contribution in [-0.2, 0) is 7.05 Å². The number of benzene rings is 2. The Hall–Kier alpha value is -3.75. The van der Waals surface area contributed by atoms with Crippen LogP contribution in [0.25, 0.3) is 32.6 Å². The Bertz CT molecular complexity index is 1500. The van der Waals surface area contributed by atoms with Gasteiger partial charge in [0.1, 0.15) is 4.83 Å². The molecule has 5 rings (SSSR count). The van der Waals surface area contributed by atoms with Crippen LogP contribution in [0.15, 0.2) is 70.3 Å². The number of aliphatic imine (C=N–C) groups is 1. The molecule has 2 aromatic carbocycles. The molecular weight excluding hydrogens is 458 g/mol. The van der Waals surface area contributed by atoms with E-state index in [2.05, 4.69) is 10.3 Å². The zero-order chi connectivity index (χ0) is 23.1. The minimum atomic E-state index is -0.504.